The lowest BCUT2D eigenvalue weighted by Gasteiger charge is -2.27. The quantitative estimate of drug-likeness (QED) is 0.639. The first-order chi connectivity index (χ1) is 15.6. The summed E-state index contributed by atoms with van der Waals surface area (Å²) in [6.07, 6.45) is 0. The highest BCUT2D eigenvalue weighted by atomic mass is 16.7. The van der Waals surface area contributed by atoms with Gasteiger partial charge < -0.3 is 24.4 Å². The number of ether oxygens (including phenoxy) is 3. The molecule has 3 heterocycles. The third kappa shape index (κ3) is 3.84. The molecule has 9 heteroatoms. The van der Waals surface area contributed by atoms with Crippen molar-refractivity contribution in [3.8, 4) is 17.2 Å². The van der Waals surface area contributed by atoms with E-state index in [0.717, 1.165) is 16.9 Å². The van der Waals surface area contributed by atoms with Crippen LogP contribution in [-0.2, 0) is 19.6 Å². The molecule has 0 bridgehead atoms. The summed E-state index contributed by atoms with van der Waals surface area (Å²) in [4.78, 5) is 27.3. The molecule has 5 rings (SSSR count). The number of methoxy groups -OCH3 is 1. The largest absolute Gasteiger partial charge is 0.497 e. The summed E-state index contributed by atoms with van der Waals surface area (Å²) in [6.45, 7) is 2.06. The van der Waals surface area contributed by atoms with Gasteiger partial charge in [0.15, 0.2) is 17.2 Å². The fraction of sp³-hybridized carbons (Fsp3) is 0.261. The van der Waals surface area contributed by atoms with Crippen molar-refractivity contribution in [3.05, 3.63) is 71.0 Å². The predicted molar refractivity (Wildman–Crippen MR) is 114 cm³/mol. The molecule has 32 heavy (non-hydrogen) atoms. The van der Waals surface area contributed by atoms with E-state index in [2.05, 4.69) is 10.4 Å². The smallest absolute Gasteiger partial charge is 0.272 e. The Morgan fingerprint density at radius 1 is 1.06 bits per heavy atom. The van der Waals surface area contributed by atoms with Crippen LogP contribution in [0.4, 0.5) is 0 Å². The number of benzene rings is 2. The molecule has 2 aliphatic heterocycles. The second-order valence-corrected chi connectivity index (χ2v) is 7.58. The number of aromatic nitrogens is 2. The normalized spacial score (nSPS) is 14.3. The Hall–Kier alpha value is -4.01. The van der Waals surface area contributed by atoms with Crippen molar-refractivity contribution >= 4 is 11.8 Å². The predicted octanol–water partition coefficient (Wildman–Crippen LogP) is 2.21. The lowest BCUT2D eigenvalue weighted by atomic mass is 10.1. The number of carbonyl (C=O) groups excluding carboxylic acids is 2. The van der Waals surface area contributed by atoms with E-state index in [4.69, 9.17) is 14.2 Å². The zero-order valence-corrected chi connectivity index (χ0v) is 17.5. The minimum absolute atomic E-state index is 0.144. The maximum absolute atomic E-state index is 13.0. The minimum Gasteiger partial charge on any atom is -0.497 e. The van der Waals surface area contributed by atoms with Crippen LogP contribution in [0.2, 0.25) is 0 Å². The van der Waals surface area contributed by atoms with Crippen LogP contribution in [0, 0.1) is 0 Å². The molecule has 2 aromatic carbocycles. The van der Waals surface area contributed by atoms with Crippen LogP contribution in [0.1, 0.15) is 32.1 Å². The van der Waals surface area contributed by atoms with Gasteiger partial charge in [0, 0.05) is 25.7 Å². The van der Waals surface area contributed by atoms with Crippen LogP contribution in [0.5, 0.6) is 17.2 Å². The Bertz CT molecular complexity index is 1170. The molecule has 0 aliphatic carbocycles. The average molecular weight is 434 g/mol. The maximum Gasteiger partial charge on any atom is 0.272 e. The molecule has 2 amide bonds. The van der Waals surface area contributed by atoms with Crippen molar-refractivity contribution in [2.24, 2.45) is 0 Å². The number of carbonyl (C=O) groups is 2. The van der Waals surface area contributed by atoms with Crippen molar-refractivity contribution in [2.45, 2.75) is 19.6 Å². The monoisotopic (exact) mass is 434 g/mol. The van der Waals surface area contributed by atoms with E-state index < -0.39 is 0 Å². The Morgan fingerprint density at radius 2 is 1.84 bits per heavy atom. The van der Waals surface area contributed by atoms with Crippen molar-refractivity contribution < 1.29 is 23.8 Å². The van der Waals surface area contributed by atoms with Gasteiger partial charge in [0.25, 0.3) is 11.8 Å². The van der Waals surface area contributed by atoms with Crippen LogP contribution in [0.3, 0.4) is 0 Å². The fourth-order valence-corrected chi connectivity index (χ4v) is 3.78. The van der Waals surface area contributed by atoms with Gasteiger partial charge in [-0.25, -0.2) is 0 Å². The van der Waals surface area contributed by atoms with Gasteiger partial charge in [-0.05, 0) is 35.4 Å². The molecule has 1 N–H and O–H groups in total. The summed E-state index contributed by atoms with van der Waals surface area (Å²) >= 11 is 0. The summed E-state index contributed by atoms with van der Waals surface area (Å²) in [6, 6.07) is 14.7. The summed E-state index contributed by atoms with van der Waals surface area (Å²) < 4.78 is 17.4. The minimum atomic E-state index is -0.334. The Balaban J connectivity index is 1.23. The van der Waals surface area contributed by atoms with Gasteiger partial charge >= 0.3 is 0 Å². The van der Waals surface area contributed by atoms with Crippen molar-refractivity contribution in [1.29, 1.82) is 0 Å². The SMILES string of the molecule is COc1ccc(CN2CCn3nc(C(=O)NCc4ccc5c(c4)OCO5)cc3C2=O)cc1. The first-order valence-electron chi connectivity index (χ1n) is 10.3. The van der Waals surface area contributed by atoms with Crippen LogP contribution >= 0.6 is 0 Å². The van der Waals surface area contributed by atoms with Crippen molar-refractivity contribution in [3.63, 3.8) is 0 Å². The van der Waals surface area contributed by atoms with Gasteiger partial charge in [-0.1, -0.05) is 18.2 Å². The van der Waals surface area contributed by atoms with Gasteiger partial charge in [0.2, 0.25) is 6.79 Å². The fourth-order valence-electron chi connectivity index (χ4n) is 3.78. The topological polar surface area (TPSA) is 94.9 Å². The Kier molecular flexibility index (Phi) is 5.14. The molecular weight excluding hydrogens is 412 g/mol. The van der Waals surface area contributed by atoms with Crippen LogP contribution in [0.15, 0.2) is 48.5 Å². The van der Waals surface area contributed by atoms with Crippen LogP contribution < -0.4 is 19.5 Å². The highest BCUT2D eigenvalue weighted by Crippen LogP contribution is 2.32. The number of nitrogens with zero attached hydrogens (tertiary/aromatic N) is 3. The number of hydrogen-bond acceptors (Lipinski definition) is 6. The molecule has 0 fully saturated rings. The highest BCUT2D eigenvalue weighted by Gasteiger charge is 2.28. The van der Waals surface area contributed by atoms with Gasteiger partial charge in [-0.15, -0.1) is 0 Å². The second kappa shape index (κ2) is 8.26. The lowest BCUT2D eigenvalue weighted by molar-refractivity contribution is 0.0683. The number of fused-ring (bicyclic) bond motifs is 2. The second-order valence-electron chi connectivity index (χ2n) is 7.58. The van der Waals surface area contributed by atoms with E-state index in [1.807, 2.05) is 42.5 Å². The number of rotatable bonds is 6. The first-order valence-corrected chi connectivity index (χ1v) is 10.3. The Morgan fingerprint density at radius 3 is 2.66 bits per heavy atom. The van der Waals surface area contributed by atoms with Crippen LogP contribution in [0.25, 0.3) is 0 Å². The third-order valence-electron chi connectivity index (χ3n) is 5.52. The van der Waals surface area contributed by atoms with Gasteiger partial charge in [-0.2, -0.15) is 5.10 Å². The molecule has 1 aromatic heterocycles. The number of hydrogen-bond donors (Lipinski definition) is 1. The summed E-state index contributed by atoms with van der Waals surface area (Å²) in [7, 11) is 1.62. The standard InChI is InChI=1S/C23H22N4O5/c1-30-17-5-2-15(3-6-17)13-26-8-9-27-19(23(26)29)11-18(25-27)22(28)24-12-16-4-7-20-21(10-16)32-14-31-20/h2-7,10-11H,8-9,12-14H2,1H3,(H,24,28). The molecule has 9 nitrogen and oxygen atoms in total. The average Bonchev–Trinajstić information content (AvgIpc) is 3.47. The van der Waals surface area contributed by atoms with E-state index in [-0.39, 0.29) is 24.3 Å². The van der Waals surface area contributed by atoms with Crippen molar-refractivity contribution in [1.82, 2.24) is 20.0 Å². The first kappa shape index (κ1) is 19.9. The Labute approximate surface area is 184 Å². The molecule has 164 valence electrons. The van der Waals surface area contributed by atoms with Crippen molar-refractivity contribution in [2.75, 3.05) is 20.4 Å². The lowest BCUT2D eigenvalue weighted by Crippen LogP contribution is -2.39. The zero-order chi connectivity index (χ0) is 22.1. The molecule has 0 atom stereocenters. The zero-order valence-electron chi connectivity index (χ0n) is 17.5. The van der Waals surface area contributed by atoms with E-state index in [0.29, 0.717) is 43.4 Å². The maximum atomic E-state index is 13.0. The van der Waals surface area contributed by atoms with E-state index >= 15 is 0 Å². The summed E-state index contributed by atoms with van der Waals surface area (Å²) in [5, 5.41) is 7.18. The molecule has 0 saturated heterocycles. The van der Waals surface area contributed by atoms with Gasteiger partial charge in [0.05, 0.1) is 13.7 Å². The van der Waals surface area contributed by atoms with E-state index in [1.165, 1.54) is 0 Å². The van der Waals surface area contributed by atoms with Gasteiger partial charge in [0.1, 0.15) is 11.4 Å². The van der Waals surface area contributed by atoms with E-state index in [1.54, 1.807) is 22.8 Å². The van der Waals surface area contributed by atoms with Gasteiger partial charge in [-0.3, -0.25) is 14.3 Å². The molecule has 0 saturated carbocycles. The third-order valence-corrected chi connectivity index (χ3v) is 5.52. The number of nitrogens with one attached hydrogen (secondary N) is 1. The van der Waals surface area contributed by atoms with Crippen LogP contribution in [-0.4, -0.2) is 46.9 Å². The summed E-state index contributed by atoms with van der Waals surface area (Å²) in [5.74, 6) is 1.65. The molecule has 3 aromatic rings. The molecule has 2 aliphatic rings. The molecular formula is C23H22N4O5. The molecule has 0 radical (unpaired) electrons. The molecule has 0 spiro atoms. The summed E-state index contributed by atoms with van der Waals surface area (Å²) in [5.41, 5.74) is 2.53. The van der Waals surface area contributed by atoms with E-state index in [9.17, 15) is 9.59 Å². The number of amides is 2. The molecule has 0 unspecified atom stereocenters. The highest BCUT2D eigenvalue weighted by molar-refractivity contribution is 5.98.